The summed E-state index contributed by atoms with van der Waals surface area (Å²) in [5.74, 6) is 0.0130. The Morgan fingerprint density at radius 1 is 0.811 bits per heavy atom. The van der Waals surface area contributed by atoms with Crippen LogP contribution in [0, 0.1) is 13.8 Å². The molecule has 0 radical (unpaired) electrons. The Morgan fingerprint density at radius 3 is 2.05 bits per heavy atom. The van der Waals surface area contributed by atoms with Gasteiger partial charge in [0.2, 0.25) is 0 Å². The van der Waals surface area contributed by atoms with Gasteiger partial charge in [-0.05, 0) is 80.8 Å². The molecule has 1 aliphatic rings. The minimum atomic E-state index is -4.07. The number of carbonyl (C=O) groups excluding carboxylic acids is 1. The second-order valence-corrected chi connectivity index (χ2v) is 12.3. The fourth-order valence-corrected chi connectivity index (χ4v) is 6.38. The number of methoxy groups -OCH3 is 1. The molecule has 1 aliphatic heterocycles. The summed E-state index contributed by atoms with van der Waals surface area (Å²) in [6, 6.07) is 14.9. The van der Waals surface area contributed by atoms with Crippen molar-refractivity contribution >= 4 is 37.3 Å². The molecule has 1 heterocycles. The zero-order valence-electron chi connectivity index (χ0n) is 20.8. The fraction of sp³-hybridized carbons (Fsp3) is 0.269. The maximum atomic E-state index is 13.1. The van der Waals surface area contributed by atoms with E-state index in [1.54, 1.807) is 11.0 Å². The molecule has 11 heteroatoms. The Hall–Kier alpha value is -3.57. The van der Waals surface area contributed by atoms with Crippen LogP contribution in [-0.2, 0) is 20.0 Å². The van der Waals surface area contributed by atoms with E-state index in [1.807, 2.05) is 26.0 Å². The van der Waals surface area contributed by atoms with Crippen molar-refractivity contribution in [3.05, 3.63) is 77.4 Å². The Balaban J connectivity index is 1.54. The van der Waals surface area contributed by atoms with Gasteiger partial charge in [-0.25, -0.2) is 16.8 Å². The Labute approximate surface area is 217 Å². The van der Waals surface area contributed by atoms with Crippen LogP contribution in [0.1, 0.15) is 34.3 Å². The molecule has 0 unspecified atom stereocenters. The van der Waals surface area contributed by atoms with Crippen LogP contribution in [0.25, 0.3) is 0 Å². The zero-order valence-corrected chi connectivity index (χ0v) is 22.4. The van der Waals surface area contributed by atoms with Gasteiger partial charge >= 0.3 is 0 Å². The van der Waals surface area contributed by atoms with Crippen LogP contribution in [0.15, 0.2) is 70.5 Å². The first-order valence-corrected chi connectivity index (χ1v) is 14.7. The molecular weight excluding hydrogens is 514 g/mol. The quantitative estimate of drug-likeness (QED) is 0.440. The number of nitrogens with zero attached hydrogens (tertiary/aromatic N) is 1. The van der Waals surface area contributed by atoms with Crippen molar-refractivity contribution in [2.45, 2.75) is 36.5 Å². The summed E-state index contributed by atoms with van der Waals surface area (Å²) in [5, 5.41) is 0. The molecule has 0 aliphatic carbocycles. The van der Waals surface area contributed by atoms with Gasteiger partial charge in [0, 0.05) is 18.8 Å². The molecule has 0 saturated carbocycles. The highest BCUT2D eigenvalue weighted by Crippen LogP contribution is 2.27. The molecule has 3 aromatic carbocycles. The Morgan fingerprint density at radius 2 is 1.43 bits per heavy atom. The number of carbonyl (C=O) groups is 1. The minimum Gasteiger partial charge on any atom is -0.496 e. The Kier molecular flexibility index (Phi) is 7.47. The van der Waals surface area contributed by atoms with E-state index in [4.69, 9.17) is 4.74 Å². The molecule has 196 valence electrons. The summed E-state index contributed by atoms with van der Waals surface area (Å²) in [6.07, 6.45) is 1.80. The van der Waals surface area contributed by atoms with E-state index in [0.717, 1.165) is 24.0 Å². The van der Waals surface area contributed by atoms with Crippen LogP contribution >= 0.6 is 0 Å². The standard InChI is InChI=1S/C26H29N3O6S2/c1-18-6-12-24(19(2)16-18)28-36(31,32)21-9-7-20(8-10-21)27-37(33,34)22-11-13-25(35-3)23(17-22)26(30)29-14-4-5-15-29/h6-13,16-17,27-28H,4-5,14-15H2,1-3H3. The molecule has 0 aromatic heterocycles. The second-order valence-electron chi connectivity index (χ2n) is 8.92. The van der Waals surface area contributed by atoms with Crippen LogP contribution in [0.3, 0.4) is 0 Å². The number of hydrogen-bond donors (Lipinski definition) is 2. The van der Waals surface area contributed by atoms with E-state index in [1.165, 1.54) is 49.6 Å². The van der Waals surface area contributed by atoms with Crippen molar-refractivity contribution in [1.29, 1.82) is 0 Å². The zero-order chi connectivity index (χ0) is 26.8. The molecule has 9 nitrogen and oxygen atoms in total. The molecule has 37 heavy (non-hydrogen) atoms. The van der Waals surface area contributed by atoms with E-state index in [-0.39, 0.29) is 26.9 Å². The van der Waals surface area contributed by atoms with E-state index in [0.29, 0.717) is 24.5 Å². The van der Waals surface area contributed by atoms with E-state index in [2.05, 4.69) is 9.44 Å². The first-order chi connectivity index (χ1) is 17.5. The molecular formula is C26H29N3O6S2. The number of hydrogen-bond acceptors (Lipinski definition) is 6. The van der Waals surface area contributed by atoms with Gasteiger partial charge in [0.1, 0.15) is 5.75 Å². The monoisotopic (exact) mass is 543 g/mol. The number of anilines is 2. The molecule has 2 N–H and O–H groups in total. The van der Waals surface area contributed by atoms with Crippen LogP contribution < -0.4 is 14.2 Å². The maximum absolute atomic E-state index is 13.1. The molecule has 3 aromatic rings. The van der Waals surface area contributed by atoms with Gasteiger partial charge in [-0.15, -0.1) is 0 Å². The lowest BCUT2D eigenvalue weighted by atomic mass is 10.1. The van der Waals surface area contributed by atoms with Gasteiger partial charge in [-0.2, -0.15) is 0 Å². The van der Waals surface area contributed by atoms with Crippen molar-refractivity contribution in [1.82, 2.24) is 4.90 Å². The largest absolute Gasteiger partial charge is 0.496 e. The third-order valence-electron chi connectivity index (χ3n) is 6.15. The Bertz CT molecular complexity index is 1530. The van der Waals surface area contributed by atoms with Gasteiger partial charge in [0.05, 0.1) is 28.2 Å². The number of likely N-dealkylation sites (tertiary alicyclic amines) is 1. The van der Waals surface area contributed by atoms with Crippen LogP contribution in [0.5, 0.6) is 5.75 Å². The summed E-state index contributed by atoms with van der Waals surface area (Å²) in [7, 11) is -6.52. The van der Waals surface area contributed by atoms with E-state index in [9.17, 15) is 21.6 Å². The lowest BCUT2D eigenvalue weighted by Gasteiger charge is -2.18. The average molecular weight is 544 g/mol. The summed E-state index contributed by atoms with van der Waals surface area (Å²) < 4.78 is 62.1. The third-order valence-corrected chi connectivity index (χ3v) is 8.91. The normalized spacial score (nSPS) is 13.9. The van der Waals surface area contributed by atoms with E-state index >= 15 is 0 Å². The summed E-state index contributed by atoms with van der Waals surface area (Å²) in [6.45, 7) is 4.96. The average Bonchev–Trinajstić information content (AvgIpc) is 3.40. The summed E-state index contributed by atoms with van der Waals surface area (Å²) in [5.41, 5.74) is 2.62. The second kappa shape index (κ2) is 10.4. The highest BCUT2D eigenvalue weighted by Gasteiger charge is 2.25. The molecule has 1 saturated heterocycles. The molecule has 4 rings (SSSR count). The maximum Gasteiger partial charge on any atom is 0.261 e. The van der Waals surface area contributed by atoms with E-state index < -0.39 is 20.0 Å². The number of amides is 1. The summed E-state index contributed by atoms with van der Waals surface area (Å²) >= 11 is 0. The first-order valence-electron chi connectivity index (χ1n) is 11.7. The van der Waals surface area contributed by atoms with Gasteiger partial charge in [0.25, 0.3) is 26.0 Å². The topological polar surface area (TPSA) is 122 Å². The third kappa shape index (κ3) is 5.89. The van der Waals surface area contributed by atoms with Crippen LogP contribution in [0.2, 0.25) is 0 Å². The van der Waals surface area contributed by atoms with Crippen molar-refractivity contribution in [3.63, 3.8) is 0 Å². The van der Waals surface area contributed by atoms with Crippen molar-refractivity contribution in [2.75, 3.05) is 29.6 Å². The number of benzene rings is 3. The fourth-order valence-electron chi connectivity index (χ4n) is 4.16. The minimum absolute atomic E-state index is 0.0154. The van der Waals surface area contributed by atoms with Crippen LogP contribution in [0.4, 0.5) is 11.4 Å². The van der Waals surface area contributed by atoms with Gasteiger partial charge in [0.15, 0.2) is 0 Å². The molecule has 1 amide bonds. The lowest BCUT2D eigenvalue weighted by Crippen LogP contribution is -2.28. The van der Waals surface area contributed by atoms with Gasteiger partial charge < -0.3 is 9.64 Å². The number of ether oxygens (including phenoxy) is 1. The number of sulfonamides is 2. The number of nitrogens with one attached hydrogen (secondary N) is 2. The predicted molar refractivity (Wildman–Crippen MR) is 142 cm³/mol. The van der Waals surface area contributed by atoms with Crippen molar-refractivity contribution < 1.29 is 26.4 Å². The highest BCUT2D eigenvalue weighted by atomic mass is 32.2. The SMILES string of the molecule is COc1ccc(S(=O)(=O)Nc2ccc(S(=O)(=O)Nc3ccc(C)cc3C)cc2)cc1C(=O)N1CCCC1. The lowest BCUT2D eigenvalue weighted by molar-refractivity contribution is 0.0789. The smallest absolute Gasteiger partial charge is 0.261 e. The number of rotatable bonds is 8. The van der Waals surface area contributed by atoms with Gasteiger partial charge in [-0.3, -0.25) is 14.2 Å². The highest BCUT2D eigenvalue weighted by molar-refractivity contribution is 7.93. The molecule has 0 bridgehead atoms. The van der Waals surface area contributed by atoms with Crippen LogP contribution in [-0.4, -0.2) is 47.8 Å². The van der Waals surface area contributed by atoms with Crippen molar-refractivity contribution in [3.8, 4) is 5.75 Å². The van der Waals surface area contributed by atoms with Crippen molar-refractivity contribution in [2.24, 2.45) is 0 Å². The summed E-state index contributed by atoms with van der Waals surface area (Å²) in [4.78, 5) is 14.5. The molecule has 0 spiro atoms. The predicted octanol–water partition coefficient (Wildman–Crippen LogP) is 4.15. The van der Waals surface area contributed by atoms with Gasteiger partial charge in [-0.1, -0.05) is 17.7 Å². The number of aryl methyl sites for hydroxylation is 2. The molecule has 0 atom stereocenters. The first kappa shape index (κ1) is 26.5. The molecule has 1 fully saturated rings.